The van der Waals surface area contributed by atoms with Gasteiger partial charge in [0, 0.05) is 53.9 Å². The van der Waals surface area contributed by atoms with Crippen LogP contribution in [0.15, 0.2) is 55.1 Å². The first kappa shape index (κ1) is 20.4. The summed E-state index contributed by atoms with van der Waals surface area (Å²) in [4.78, 5) is 30.3. The summed E-state index contributed by atoms with van der Waals surface area (Å²) in [6.45, 7) is 6.10. The number of fused-ring (bicyclic) bond motifs is 1. The predicted octanol–water partition coefficient (Wildman–Crippen LogP) is 4.81. The molecule has 0 fully saturated rings. The topological polar surface area (TPSA) is 92.7 Å². The highest BCUT2D eigenvalue weighted by atomic mass is 16.1. The van der Waals surface area contributed by atoms with Crippen molar-refractivity contribution in [1.29, 1.82) is 0 Å². The second kappa shape index (κ2) is 8.47. The van der Waals surface area contributed by atoms with Crippen molar-refractivity contribution < 1.29 is 4.79 Å². The minimum atomic E-state index is -0.264. The quantitative estimate of drug-likeness (QED) is 0.488. The molecule has 31 heavy (non-hydrogen) atoms. The molecule has 0 unspecified atom stereocenters. The van der Waals surface area contributed by atoms with Crippen LogP contribution in [-0.4, -0.2) is 32.9 Å². The van der Waals surface area contributed by atoms with Gasteiger partial charge in [-0.2, -0.15) is 0 Å². The first-order valence-electron chi connectivity index (χ1n) is 10.1. The summed E-state index contributed by atoms with van der Waals surface area (Å²) in [5, 5.41) is 6.86. The van der Waals surface area contributed by atoms with E-state index >= 15 is 0 Å². The third kappa shape index (κ3) is 4.35. The van der Waals surface area contributed by atoms with E-state index in [1.807, 2.05) is 50.5 Å². The maximum absolute atomic E-state index is 12.7. The van der Waals surface area contributed by atoms with Gasteiger partial charge >= 0.3 is 0 Å². The highest BCUT2D eigenvalue weighted by Crippen LogP contribution is 2.27. The number of carbonyl (C=O) groups is 1. The number of pyridine rings is 4. The smallest absolute Gasteiger partial charge is 0.274 e. The number of amides is 1. The third-order valence-electron chi connectivity index (χ3n) is 5.16. The molecule has 0 saturated heterocycles. The summed E-state index contributed by atoms with van der Waals surface area (Å²) < 4.78 is 0. The molecule has 0 spiro atoms. The summed E-state index contributed by atoms with van der Waals surface area (Å²) in [6, 6.07) is 9.58. The number of nitrogens with one attached hydrogen (secondary N) is 2. The maximum atomic E-state index is 12.7. The van der Waals surface area contributed by atoms with Crippen LogP contribution in [0.25, 0.3) is 22.0 Å². The molecule has 2 N–H and O–H groups in total. The van der Waals surface area contributed by atoms with Gasteiger partial charge in [0.15, 0.2) is 0 Å². The van der Waals surface area contributed by atoms with Crippen LogP contribution in [0.4, 0.5) is 11.5 Å². The molecule has 0 radical (unpaired) electrons. The Morgan fingerprint density at radius 2 is 1.81 bits per heavy atom. The fourth-order valence-corrected chi connectivity index (χ4v) is 3.33. The second-order valence-corrected chi connectivity index (χ2v) is 7.68. The van der Waals surface area contributed by atoms with Crippen LogP contribution in [0.1, 0.15) is 41.5 Å². The van der Waals surface area contributed by atoms with Crippen molar-refractivity contribution in [3.8, 4) is 11.1 Å². The Kier molecular flexibility index (Phi) is 5.58. The highest BCUT2D eigenvalue weighted by Gasteiger charge is 2.12. The average molecular weight is 412 g/mol. The van der Waals surface area contributed by atoms with Gasteiger partial charge in [0.25, 0.3) is 5.91 Å². The van der Waals surface area contributed by atoms with E-state index in [4.69, 9.17) is 0 Å². The number of rotatable bonds is 5. The monoisotopic (exact) mass is 412 g/mol. The molecule has 0 atom stereocenters. The van der Waals surface area contributed by atoms with Gasteiger partial charge in [-0.15, -0.1) is 0 Å². The van der Waals surface area contributed by atoms with Crippen molar-refractivity contribution in [2.45, 2.75) is 26.7 Å². The SMILES string of the molecule is CNc1cc2ncc(-c3cc(NC(=O)c4cc(C(C)C)ccn4)cnc3C)cc2cn1. The molecule has 4 rings (SSSR count). The van der Waals surface area contributed by atoms with Gasteiger partial charge in [0.1, 0.15) is 11.5 Å². The average Bonchev–Trinajstić information content (AvgIpc) is 2.79. The molecule has 156 valence electrons. The number of aryl methyl sites for hydroxylation is 1. The van der Waals surface area contributed by atoms with Crippen LogP contribution in [0.5, 0.6) is 0 Å². The van der Waals surface area contributed by atoms with Crippen LogP contribution in [0.2, 0.25) is 0 Å². The molecule has 0 bridgehead atoms. The minimum Gasteiger partial charge on any atom is -0.373 e. The van der Waals surface area contributed by atoms with Gasteiger partial charge in [-0.05, 0) is 42.7 Å². The molecule has 7 heteroatoms. The van der Waals surface area contributed by atoms with Crippen LogP contribution in [0, 0.1) is 6.92 Å². The van der Waals surface area contributed by atoms with Gasteiger partial charge in [-0.1, -0.05) is 13.8 Å². The zero-order valence-corrected chi connectivity index (χ0v) is 18.0. The summed E-state index contributed by atoms with van der Waals surface area (Å²) in [6.07, 6.45) is 6.92. The molecule has 0 aliphatic heterocycles. The molecule has 0 saturated carbocycles. The van der Waals surface area contributed by atoms with Crippen LogP contribution in [-0.2, 0) is 0 Å². The van der Waals surface area contributed by atoms with Crippen LogP contribution >= 0.6 is 0 Å². The van der Waals surface area contributed by atoms with Crippen LogP contribution < -0.4 is 10.6 Å². The molecule has 7 nitrogen and oxygen atoms in total. The van der Waals surface area contributed by atoms with Crippen LogP contribution in [0.3, 0.4) is 0 Å². The first-order valence-corrected chi connectivity index (χ1v) is 10.1. The number of anilines is 2. The van der Waals surface area contributed by atoms with E-state index in [-0.39, 0.29) is 5.91 Å². The Balaban J connectivity index is 1.63. The summed E-state index contributed by atoms with van der Waals surface area (Å²) in [5.74, 6) is 0.825. The summed E-state index contributed by atoms with van der Waals surface area (Å²) in [7, 11) is 1.83. The molecule has 0 aliphatic carbocycles. The Morgan fingerprint density at radius 3 is 2.58 bits per heavy atom. The third-order valence-corrected chi connectivity index (χ3v) is 5.16. The number of hydrogen-bond acceptors (Lipinski definition) is 6. The first-order chi connectivity index (χ1) is 14.9. The van der Waals surface area contributed by atoms with Crippen molar-refractivity contribution in [2.24, 2.45) is 0 Å². The molecule has 4 aromatic heterocycles. The lowest BCUT2D eigenvalue weighted by Crippen LogP contribution is -2.14. The lowest BCUT2D eigenvalue weighted by Gasteiger charge is -2.11. The summed E-state index contributed by atoms with van der Waals surface area (Å²) in [5.41, 5.74) is 5.56. The van der Waals surface area contributed by atoms with Gasteiger partial charge in [0.2, 0.25) is 0 Å². The molecule has 1 amide bonds. The molecular formula is C24H24N6O. The molecule has 0 aromatic carbocycles. The molecular weight excluding hydrogens is 388 g/mol. The van der Waals surface area contributed by atoms with E-state index in [0.29, 0.717) is 17.3 Å². The number of hydrogen-bond donors (Lipinski definition) is 2. The standard InChI is InChI=1S/C24H24N6O/c1-14(2)16-5-6-26-22(8-16)24(31)30-19-9-20(15(3)27-13-19)17-7-18-12-29-23(25-4)10-21(18)28-11-17/h5-14H,1-4H3,(H,25,29)(H,30,31). The number of nitrogens with zero attached hydrogens (tertiary/aromatic N) is 4. The van der Waals surface area contributed by atoms with E-state index in [9.17, 15) is 4.79 Å². The van der Waals surface area contributed by atoms with Crippen molar-refractivity contribution in [2.75, 3.05) is 17.7 Å². The van der Waals surface area contributed by atoms with Gasteiger partial charge in [-0.3, -0.25) is 19.7 Å². The lowest BCUT2D eigenvalue weighted by atomic mass is 10.0. The molecule has 4 heterocycles. The van der Waals surface area contributed by atoms with E-state index in [0.717, 1.165) is 39.1 Å². The van der Waals surface area contributed by atoms with Gasteiger partial charge in [-0.25, -0.2) is 4.98 Å². The fraction of sp³-hybridized carbons (Fsp3) is 0.208. The Morgan fingerprint density at radius 1 is 0.968 bits per heavy atom. The predicted molar refractivity (Wildman–Crippen MR) is 123 cm³/mol. The van der Waals surface area contributed by atoms with E-state index in [2.05, 4.69) is 44.4 Å². The molecule has 0 aliphatic rings. The van der Waals surface area contributed by atoms with E-state index in [1.165, 1.54) is 0 Å². The fourth-order valence-electron chi connectivity index (χ4n) is 3.33. The second-order valence-electron chi connectivity index (χ2n) is 7.68. The zero-order chi connectivity index (χ0) is 22.0. The van der Waals surface area contributed by atoms with Crippen molar-refractivity contribution >= 4 is 28.3 Å². The lowest BCUT2D eigenvalue weighted by molar-refractivity contribution is 0.102. The largest absolute Gasteiger partial charge is 0.373 e. The van der Waals surface area contributed by atoms with Gasteiger partial charge < -0.3 is 10.6 Å². The Bertz CT molecular complexity index is 1270. The minimum absolute atomic E-state index is 0.264. The van der Waals surface area contributed by atoms with E-state index < -0.39 is 0 Å². The normalized spacial score (nSPS) is 11.0. The summed E-state index contributed by atoms with van der Waals surface area (Å²) >= 11 is 0. The highest BCUT2D eigenvalue weighted by molar-refractivity contribution is 6.03. The van der Waals surface area contributed by atoms with Crippen molar-refractivity contribution in [1.82, 2.24) is 19.9 Å². The zero-order valence-electron chi connectivity index (χ0n) is 18.0. The molecule has 4 aromatic rings. The van der Waals surface area contributed by atoms with Crippen molar-refractivity contribution in [3.05, 3.63) is 72.1 Å². The Labute approximate surface area is 181 Å². The van der Waals surface area contributed by atoms with Crippen molar-refractivity contribution in [3.63, 3.8) is 0 Å². The Hall–Kier alpha value is -3.87. The van der Waals surface area contributed by atoms with E-state index in [1.54, 1.807) is 18.6 Å². The number of aromatic nitrogens is 4. The number of carbonyl (C=O) groups excluding carboxylic acids is 1. The maximum Gasteiger partial charge on any atom is 0.274 e. The van der Waals surface area contributed by atoms with Gasteiger partial charge in [0.05, 0.1) is 17.4 Å².